The Labute approximate surface area is 151 Å². The van der Waals surface area contributed by atoms with Crippen LogP contribution in [0.25, 0.3) is 10.9 Å². The van der Waals surface area contributed by atoms with E-state index in [0.717, 1.165) is 29.7 Å². The minimum atomic E-state index is -0.384. The third kappa shape index (κ3) is 3.35. The van der Waals surface area contributed by atoms with E-state index in [9.17, 15) is 10.1 Å². The fourth-order valence-electron chi connectivity index (χ4n) is 3.53. The quantitative estimate of drug-likeness (QED) is 0.529. The number of non-ortho nitro benzene ring substituents is 1. The third-order valence-electron chi connectivity index (χ3n) is 4.93. The Balaban J connectivity index is 1.74. The summed E-state index contributed by atoms with van der Waals surface area (Å²) in [4.78, 5) is 20.2. The Morgan fingerprint density at radius 2 is 1.85 bits per heavy atom. The Morgan fingerprint density at radius 3 is 2.58 bits per heavy atom. The predicted molar refractivity (Wildman–Crippen MR) is 101 cm³/mol. The summed E-state index contributed by atoms with van der Waals surface area (Å²) in [5, 5.41) is 15.2. The zero-order valence-corrected chi connectivity index (χ0v) is 14.4. The maximum atomic E-state index is 11.2. The lowest BCUT2D eigenvalue weighted by Crippen LogP contribution is -2.08. The van der Waals surface area contributed by atoms with Crippen LogP contribution in [0, 0.1) is 10.1 Å². The minimum Gasteiger partial charge on any atom is -0.365 e. The molecule has 4 rings (SSSR count). The molecule has 1 aromatic heterocycles. The highest BCUT2D eigenvalue weighted by molar-refractivity contribution is 5.90. The average molecular weight is 348 g/mol. The number of nitrogens with zero attached hydrogens (tertiary/aromatic N) is 3. The highest BCUT2D eigenvalue weighted by atomic mass is 16.6. The van der Waals surface area contributed by atoms with Crippen LogP contribution in [-0.2, 0) is 6.54 Å². The zero-order chi connectivity index (χ0) is 17.9. The number of fused-ring (bicyclic) bond motifs is 1. The van der Waals surface area contributed by atoms with E-state index in [1.165, 1.54) is 18.9 Å². The topological polar surface area (TPSA) is 81.0 Å². The molecule has 1 aliphatic carbocycles. The minimum absolute atomic E-state index is 0.0532. The van der Waals surface area contributed by atoms with Gasteiger partial charge in [0.15, 0.2) is 0 Å². The molecule has 1 fully saturated rings. The molecule has 0 atom stereocenters. The van der Waals surface area contributed by atoms with Crippen LogP contribution >= 0.6 is 0 Å². The van der Waals surface area contributed by atoms with Crippen LogP contribution in [-0.4, -0.2) is 14.9 Å². The standard InChI is InChI=1S/C20H20N4O2/c25-24(26)16-10-11-18-17(12-16)20(21-13-14-6-2-1-3-7-14)23-19(22-18)15-8-4-5-9-15/h1-3,6-7,10-12,15H,4-5,8-9,13H2,(H,21,22,23). The zero-order valence-electron chi connectivity index (χ0n) is 14.4. The highest BCUT2D eigenvalue weighted by Gasteiger charge is 2.22. The van der Waals surface area contributed by atoms with Crippen molar-refractivity contribution in [2.45, 2.75) is 38.1 Å². The van der Waals surface area contributed by atoms with Gasteiger partial charge in [0.2, 0.25) is 0 Å². The molecule has 132 valence electrons. The third-order valence-corrected chi connectivity index (χ3v) is 4.93. The first-order valence-electron chi connectivity index (χ1n) is 8.94. The van der Waals surface area contributed by atoms with Gasteiger partial charge in [-0.1, -0.05) is 43.2 Å². The van der Waals surface area contributed by atoms with Crippen LogP contribution in [0.4, 0.5) is 11.5 Å². The molecule has 0 saturated heterocycles. The smallest absolute Gasteiger partial charge is 0.270 e. The lowest BCUT2D eigenvalue weighted by atomic mass is 10.1. The molecule has 6 nitrogen and oxygen atoms in total. The van der Waals surface area contributed by atoms with Gasteiger partial charge < -0.3 is 5.32 Å². The van der Waals surface area contributed by atoms with E-state index in [4.69, 9.17) is 9.97 Å². The van der Waals surface area contributed by atoms with Crippen LogP contribution in [0.3, 0.4) is 0 Å². The summed E-state index contributed by atoms with van der Waals surface area (Å²) in [6.45, 7) is 0.611. The summed E-state index contributed by atoms with van der Waals surface area (Å²) in [7, 11) is 0. The van der Waals surface area contributed by atoms with E-state index >= 15 is 0 Å². The molecule has 0 unspecified atom stereocenters. The Morgan fingerprint density at radius 1 is 1.08 bits per heavy atom. The molecule has 0 bridgehead atoms. The number of hydrogen-bond acceptors (Lipinski definition) is 5. The maximum absolute atomic E-state index is 11.2. The summed E-state index contributed by atoms with van der Waals surface area (Å²) in [5.74, 6) is 1.90. The van der Waals surface area contributed by atoms with Gasteiger partial charge in [-0.15, -0.1) is 0 Å². The van der Waals surface area contributed by atoms with E-state index in [0.29, 0.717) is 23.7 Å². The molecular formula is C20H20N4O2. The number of aromatic nitrogens is 2. The van der Waals surface area contributed by atoms with Gasteiger partial charge in [0.05, 0.1) is 10.4 Å². The van der Waals surface area contributed by atoms with Crippen molar-refractivity contribution >= 4 is 22.4 Å². The summed E-state index contributed by atoms with van der Waals surface area (Å²) >= 11 is 0. The molecule has 3 aromatic rings. The Kier molecular flexibility index (Phi) is 4.48. The van der Waals surface area contributed by atoms with E-state index in [-0.39, 0.29) is 10.6 Å². The Bertz CT molecular complexity index is 937. The molecule has 1 aliphatic rings. The number of anilines is 1. The first-order valence-corrected chi connectivity index (χ1v) is 8.94. The predicted octanol–water partition coefficient (Wildman–Crippen LogP) is 4.81. The number of rotatable bonds is 5. The van der Waals surface area contributed by atoms with Crippen LogP contribution in [0.15, 0.2) is 48.5 Å². The lowest BCUT2D eigenvalue weighted by Gasteiger charge is -2.14. The molecule has 6 heteroatoms. The first kappa shape index (κ1) is 16.4. The molecule has 0 spiro atoms. The van der Waals surface area contributed by atoms with Crippen molar-refractivity contribution in [3.05, 3.63) is 70.0 Å². The molecule has 1 saturated carbocycles. The van der Waals surface area contributed by atoms with E-state index in [1.54, 1.807) is 12.1 Å². The van der Waals surface area contributed by atoms with Crippen molar-refractivity contribution in [3.8, 4) is 0 Å². The van der Waals surface area contributed by atoms with E-state index < -0.39 is 0 Å². The maximum Gasteiger partial charge on any atom is 0.270 e. The first-order chi connectivity index (χ1) is 12.7. The SMILES string of the molecule is O=[N+]([O-])c1ccc2nc(C3CCCC3)nc(NCc3ccccc3)c2c1. The van der Waals surface area contributed by atoms with Crippen molar-refractivity contribution in [2.75, 3.05) is 5.32 Å². The fraction of sp³-hybridized carbons (Fsp3) is 0.300. The van der Waals surface area contributed by atoms with Gasteiger partial charge in [-0.3, -0.25) is 10.1 Å². The van der Waals surface area contributed by atoms with Crippen LogP contribution in [0.2, 0.25) is 0 Å². The number of nitro groups is 1. The second kappa shape index (κ2) is 7.07. The van der Waals surface area contributed by atoms with Gasteiger partial charge in [0.25, 0.3) is 5.69 Å². The second-order valence-corrected chi connectivity index (χ2v) is 6.71. The number of hydrogen-bond donors (Lipinski definition) is 1. The molecule has 0 radical (unpaired) electrons. The molecular weight excluding hydrogens is 328 g/mol. The van der Waals surface area contributed by atoms with Crippen LogP contribution < -0.4 is 5.32 Å². The number of nitrogens with one attached hydrogen (secondary N) is 1. The van der Waals surface area contributed by atoms with E-state index in [1.807, 2.05) is 30.3 Å². The molecule has 26 heavy (non-hydrogen) atoms. The normalized spacial score (nSPS) is 14.6. The van der Waals surface area contributed by atoms with Crippen molar-refractivity contribution < 1.29 is 4.92 Å². The average Bonchev–Trinajstić information content (AvgIpc) is 3.21. The Hall–Kier alpha value is -3.02. The molecule has 1 heterocycles. The van der Waals surface area contributed by atoms with Crippen molar-refractivity contribution in [2.24, 2.45) is 0 Å². The van der Waals surface area contributed by atoms with E-state index in [2.05, 4.69) is 5.32 Å². The molecule has 1 N–H and O–H groups in total. The lowest BCUT2D eigenvalue weighted by molar-refractivity contribution is -0.384. The second-order valence-electron chi connectivity index (χ2n) is 6.71. The van der Waals surface area contributed by atoms with Crippen LogP contribution in [0.1, 0.15) is 43.0 Å². The summed E-state index contributed by atoms with van der Waals surface area (Å²) in [6.07, 6.45) is 4.63. The summed E-state index contributed by atoms with van der Waals surface area (Å²) in [6, 6.07) is 14.8. The van der Waals surface area contributed by atoms with Crippen molar-refractivity contribution in [1.29, 1.82) is 0 Å². The monoisotopic (exact) mass is 348 g/mol. The van der Waals surface area contributed by atoms with Crippen molar-refractivity contribution in [1.82, 2.24) is 9.97 Å². The summed E-state index contributed by atoms with van der Waals surface area (Å²) in [5.41, 5.74) is 1.94. The number of benzene rings is 2. The molecule has 0 amide bonds. The van der Waals surface area contributed by atoms with Gasteiger partial charge in [0, 0.05) is 30.0 Å². The number of nitro benzene ring substituents is 1. The van der Waals surface area contributed by atoms with Crippen molar-refractivity contribution in [3.63, 3.8) is 0 Å². The van der Waals surface area contributed by atoms with Gasteiger partial charge in [-0.25, -0.2) is 9.97 Å². The van der Waals surface area contributed by atoms with Gasteiger partial charge in [-0.05, 0) is 24.5 Å². The highest BCUT2D eigenvalue weighted by Crippen LogP contribution is 2.35. The van der Waals surface area contributed by atoms with Crippen LogP contribution in [0.5, 0.6) is 0 Å². The fourth-order valence-corrected chi connectivity index (χ4v) is 3.53. The van der Waals surface area contributed by atoms with Gasteiger partial charge in [-0.2, -0.15) is 0 Å². The molecule has 0 aliphatic heterocycles. The van der Waals surface area contributed by atoms with Gasteiger partial charge in [0.1, 0.15) is 11.6 Å². The van der Waals surface area contributed by atoms with Gasteiger partial charge >= 0.3 is 0 Å². The summed E-state index contributed by atoms with van der Waals surface area (Å²) < 4.78 is 0. The largest absolute Gasteiger partial charge is 0.365 e. The molecule has 2 aromatic carbocycles.